The van der Waals surface area contributed by atoms with Gasteiger partial charge in [0.25, 0.3) is 11.5 Å². The fraction of sp³-hybridized carbons (Fsp3) is 0.500. The molecule has 6 rings (SSSR count). The second kappa shape index (κ2) is 10.4. The Morgan fingerprint density at radius 1 is 1.15 bits per heavy atom. The van der Waals surface area contributed by atoms with Crippen molar-refractivity contribution in [2.75, 3.05) is 6.54 Å². The first-order valence-corrected chi connectivity index (χ1v) is 14.9. The molecular weight excluding hydrogens is 539 g/mol. The van der Waals surface area contributed by atoms with Crippen LogP contribution in [0.25, 0.3) is 0 Å². The lowest BCUT2D eigenvalue weighted by atomic mass is 9.85. The van der Waals surface area contributed by atoms with E-state index < -0.39 is 23.8 Å². The zero-order chi connectivity index (χ0) is 28.1. The Kier molecular flexibility index (Phi) is 7.11. The molecule has 10 heteroatoms. The highest BCUT2D eigenvalue weighted by molar-refractivity contribution is 7.10. The molecule has 0 spiro atoms. The third-order valence-corrected chi connectivity index (χ3v) is 9.89. The number of amides is 1. The van der Waals surface area contributed by atoms with Gasteiger partial charge in [-0.2, -0.15) is 13.2 Å². The summed E-state index contributed by atoms with van der Waals surface area (Å²) in [6.45, 7) is 0.214. The topological polar surface area (TPSA) is 86.3 Å². The van der Waals surface area contributed by atoms with Gasteiger partial charge in [-0.05, 0) is 79.1 Å². The van der Waals surface area contributed by atoms with Gasteiger partial charge < -0.3 is 15.0 Å². The van der Waals surface area contributed by atoms with Crippen LogP contribution in [0.15, 0.2) is 40.5 Å². The van der Waals surface area contributed by atoms with Crippen molar-refractivity contribution in [3.63, 3.8) is 0 Å². The maximum Gasteiger partial charge on any atom is 0.416 e. The Morgan fingerprint density at radius 2 is 1.93 bits per heavy atom. The van der Waals surface area contributed by atoms with E-state index in [-0.39, 0.29) is 29.6 Å². The van der Waals surface area contributed by atoms with Crippen LogP contribution in [0.3, 0.4) is 0 Å². The van der Waals surface area contributed by atoms with Crippen molar-refractivity contribution in [1.82, 2.24) is 14.9 Å². The number of aromatic amines is 1. The number of nitrogens with zero attached hydrogens (tertiary/aromatic N) is 2. The lowest BCUT2D eigenvalue weighted by Crippen LogP contribution is -2.36. The minimum Gasteiger partial charge on any atom is -0.378 e. The third kappa shape index (κ3) is 5.11. The zero-order valence-corrected chi connectivity index (χ0v) is 22.9. The maximum atomic E-state index is 13.3. The molecular formula is C30H32F3N3O3S. The molecule has 2 fully saturated rings. The largest absolute Gasteiger partial charge is 0.416 e. The smallest absolute Gasteiger partial charge is 0.378 e. The average molecular weight is 572 g/mol. The highest BCUT2D eigenvalue weighted by Crippen LogP contribution is 2.54. The van der Waals surface area contributed by atoms with E-state index in [1.165, 1.54) is 59.6 Å². The molecule has 0 bridgehead atoms. The van der Waals surface area contributed by atoms with Gasteiger partial charge in [0.05, 0.1) is 28.8 Å². The van der Waals surface area contributed by atoms with Gasteiger partial charge in [-0.3, -0.25) is 9.59 Å². The highest BCUT2D eigenvalue weighted by atomic mass is 32.1. The SMILES string of the molecule is O=C([C@H](O)c1cccc(C(F)(F)F)c1)N1CCCc2nc(C3(c4cc(C5CCCCC5)cs4)CC3)[nH]c(=O)c2C1. The number of halogens is 3. The molecule has 0 saturated heterocycles. The number of H-pyrrole nitrogens is 1. The molecule has 0 radical (unpaired) electrons. The number of hydrogen-bond acceptors (Lipinski definition) is 5. The number of fused-ring (bicyclic) bond motifs is 1. The fourth-order valence-corrected chi connectivity index (χ4v) is 7.47. The normalized spacial score (nSPS) is 20.1. The number of thiophene rings is 1. The van der Waals surface area contributed by atoms with Gasteiger partial charge in [-0.15, -0.1) is 11.3 Å². The molecule has 2 aliphatic carbocycles. The maximum absolute atomic E-state index is 13.3. The summed E-state index contributed by atoms with van der Waals surface area (Å²) in [4.78, 5) is 37.0. The third-order valence-electron chi connectivity index (χ3n) is 8.74. The van der Waals surface area contributed by atoms with Gasteiger partial charge in [0.2, 0.25) is 0 Å². The van der Waals surface area contributed by atoms with Crippen LogP contribution in [-0.4, -0.2) is 32.4 Å². The first-order valence-electron chi connectivity index (χ1n) is 14.0. The van der Waals surface area contributed by atoms with Crippen LogP contribution >= 0.6 is 11.3 Å². The Labute approximate surface area is 234 Å². The second-order valence-electron chi connectivity index (χ2n) is 11.4. The number of carbonyl (C=O) groups excluding carboxylic acids is 1. The van der Waals surface area contributed by atoms with Crippen molar-refractivity contribution >= 4 is 17.2 Å². The molecule has 40 heavy (non-hydrogen) atoms. The van der Waals surface area contributed by atoms with E-state index in [1.54, 1.807) is 11.3 Å². The summed E-state index contributed by atoms with van der Waals surface area (Å²) in [5, 5.41) is 12.9. The van der Waals surface area contributed by atoms with Crippen LogP contribution in [-0.2, 0) is 29.4 Å². The van der Waals surface area contributed by atoms with E-state index in [0.29, 0.717) is 35.8 Å². The zero-order valence-electron chi connectivity index (χ0n) is 22.1. The van der Waals surface area contributed by atoms with E-state index in [0.717, 1.165) is 25.0 Å². The van der Waals surface area contributed by atoms with Crippen LogP contribution < -0.4 is 5.56 Å². The summed E-state index contributed by atoms with van der Waals surface area (Å²) in [6, 6.07) is 6.46. The number of aliphatic hydroxyl groups excluding tert-OH is 1. The molecule has 3 heterocycles. The molecule has 2 aromatic heterocycles. The van der Waals surface area contributed by atoms with Gasteiger partial charge >= 0.3 is 6.18 Å². The van der Waals surface area contributed by atoms with Crippen molar-refractivity contribution in [2.45, 2.75) is 87.9 Å². The standard InChI is InChI=1S/C30H32F3N3O3S/c31-30(32,33)21-9-4-8-19(14-21)25(37)27(39)36-13-5-10-23-22(16-36)26(38)35-28(34-23)29(11-12-29)24-15-20(17-40-24)18-6-2-1-3-7-18/h4,8-9,14-15,17-18,25,37H,1-3,5-7,10-13,16H2,(H,34,35,38)/t25-/m1/s1. The fourth-order valence-electron chi connectivity index (χ4n) is 6.21. The lowest BCUT2D eigenvalue weighted by molar-refractivity contribution is -0.142. The summed E-state index contributed by atoms with van der Waals surface area (Å²) in [6.07, 6.45) is 2.85. The van der Waals surface area contributed by atoms with Crippen molar-refractivity contribution in [2.24, 2.45) is 0 Å². The second-order valence-corrected chi connectivity index (χ2v) is 12.3. The monoisotopic (exact) mass is 571 g/mol. The van der Waals surface area contributed by atoms with Crippen molar-refractivity contribution < 1.29 is 23.1 Å². The number of rotatable bonds is 5. The van der Waals surface area contributed by atoms with E-state index in [1.807, 2.05) is 0 Å². The van der Waals surface area contributed by atoms with Crippen LogP contribution in [0.5, 0.6) is 0 Å². The number of aryl methyl sites for hydroxylation is 1. The number of hydrogen-bond donors (Lipinski definition) is 2. The summed E-state index contributed by atoms with van der Waals surface area (Å²) in [5.74, 6) is 0.559. The van der Waals surface area contributed by atoms with E-state index in [4.69, 9.17) is 4.98 Å². The van der Waals surface area contributed by atoms with Gasteiger partial charge in [-0.25, -0.2) is 4.98 Å². The number of aliphatic hydroxyl groups is 1. The Hall–Kier alpha value is -2.98. The minimum atomic E-state index is -4.59. The summed E-state index contributed by atoms with van der Waals surface area (Å²) in [7, 11) is 0. The first-order chi connectivity index (χ1) is 19.2. The van der Waals surface area contributed by atoms with Crippen molar-refractivity contribution in [3.05, 3.63) is 84.7 Å². The van der Waals surface area contributed by atoms with Crippen LogP contribution in [0, 0.1) is 0 Å². The van der Waals surface area contributed by atoms with E-state index in [9.17, 15) is 27.9 Å². The van der Waals surface area contributed by atoms with Gasteiger partial charge in [-0.1, -0.05) is 31.4 Å². The van der Waals surface area contributed by atoms with Crippen molar-refractivity contribution in [3.8, 4) is 0 Å². The van der Waals surface area contributed by atoms with Crippen LogP contribution in [0.2, 0.25) is 0 Å². The molecule has 3 aliphatic rings. The molecule has 1 aromatic carbocycles. The summed E-state index contributed by atoms with van der Waals surface area (Å²) >= 11 is 1.75. The number of aromatic nitrogens is 2. The number of alkyl halides is 3. The van der Waals surface area contributed by atoms with Crippen LogP contribution in [0.1, 0.15) is 102 Å². The molecule has 212 valence electrons. The molecule has 0 unspecified atom stereocenters. The van der Waals surface area contributed by atoms with Gasteiger partial charge in [0.1, 0.15) is 5.82 Å². The molecule has 2 saturated carbocycles. The average Bonchev–Trinajstić information content (AvgIpc) is 3.67. The molecule has 1 amide bonds. The molecule has 3 aromatic rings. The van der Waals surface area contributed by atoms with Gasteiger partial charge in [0, 0.05) is 11.4 Å². The lowest BCUT2D eigenvalue weighted by Gasteiger charge is -2.24. The van der Waals surface area contributed by atoms with Crippen LogP contribution in [0.4, 0.5) is 13.2 Å². The minimum absolute atomic E-state index is 0.0510. The first kappa shape index (κ1) is 27.2. The Balaban J connectivity index is 1.23. The molecule has 1 atom stereocenters. The molecule has 6 nitrogen and oxygen atoms in total. The highest BCUT2D eigenvalue weighted by Gasteiger charge is 2.50. The summed E-state index contributed by atoms with van der Waals surface area (Å²) in [5.41, 5.74) is 0.782. The summed E-state index contributed by atoms with van der Waals surface area (Å²) < 4.78 is 39.4. The molecule has 1 aliphatic heterocycles. The van der Waals surface area contributed by atoms with Crippen molar-refractivity contribution in [1.29, 1.82) is 0 Å². The predicted octanol–water partition coefficient (Wildman–Crippen LogP) is 5.99. The van der Waals surface area contributed by atoms with E-state index >= 15 is 0 Å². The number of carbonyl (C=O) groups is 1. The number of nitrogens with one attached hydrogen (secondary N) is 1. The Bertz CT molecular complexity index is 1470. The predicted molar refractivity (Wildman–Crippen MR) is 145 cm³/mol. The quantitative estimate of drug-likeness (QED) is 0.394. The van der Waals surface area contributed by atoms with Gasteiger partial charge in [0.15, 0.2) is 6.10 Å². The molecule has 2 N–H and O–H groups in total. The number of benzene rings is 1. The van der Waals surface area contributed by atoms with E-state index in [2.05, 4.69) is 16.4 Å². The Morgan fingerprint density at radius 3 is 2.65 bits per heavy atom.